The number of anilines is 2. The van der Waals surface area contributed by atoms with Gasteiger partial charge in [0.25, 0.3) is 11.8 Å². The Labute approximate surface area is 250 Å². The second kappa shape index (κ2) is 13.2. The molecule has 9 nitrogen and oxygen atoms in total. The summed E-state index contributed by atoms with van der Waals surface area (Å²) < 4.78 is 10.9. The molecule has 0 saturated heterocycles. The molecule has 4 aromatic carbocycles. The smallest absolute Gasteiger partial charge is 0.335 e. The van der Waals surface area contributed by atoms with Crippen molar-refractivity contribution in [1.82, 2.24) is 4.90 Å². The predicted octanol–water partition coefficient (Wildman–Crippen LogP) is 5.51. The minimum Gasteiger partial charge on any atom is -0.493 e. The number of nitrogens with zero attached hydrogens (tertiary/aromatic N) is 1. The Morgan fingerprint density at radius 2 is 1.44 bits per heavy atom. The summed E-state index contributed by atoms with van der Waals surface area (Å²) >= 11 is 0. The number of fused-ring (bicyclic) bond motifs is 1. The zero-order valence-corrected chi connectivity index (χ0v) is 24.1. The number of carbonyl (C=O) groups excluding carboxylic acids is 2. The molecule has 4 aromatic rings. The summed E-state index contributed by atoms with van der Waals surface area (Å²) in [6, 6.07) is 24.2. The van der Waals surface area contributed by atoms with Crippen molar-refractivity contribution in [3.8, 4) is 11.5 Å². The number of amides is 2. The van der Waals surface area contributed by atoms with E-state index in [9.17, 15) is 14.4 Å². The molecule has 43 heavy (non-hydrogen) atoms. The van der Waals surface area contributed by atoms with Crippen LogP contribution >= 0.6 is 0 Å². The first-order valence-electron chi connectivity index (χ1n) is 13.9. The van der Waals surface area contributed by atoms with Gasteiger partial charge in [-0.2, -0.15) is 0 Å². The standard InChI is InChI=1S/C34H33N3O6/c1-42-30-19-25-16-18-37(21-26(25)20-31(30)43-2)17-15-22-7-13-27(14-8-22)35-33(39)28-5-3-4-6-29(28)36-32(38)23-9-11-24(12-10-23)34(40)41/h3-14,19-20H,15-18,21H2,1-2H3,(H,35,39)(H,36,38)(H,40,41). The fourth-order valence-electron chi connectivity index (χ4n) is 5.12. The van der Waals surface area contributed by atoms with Crippen LogP contribution in [0.4, 0.5) is 11.4 Å². The van der Waals surface area contributed by atoms with E-state index in [2.05, 4.69) is 27.7 Å². The van der Waals surface area contributed by atoms with E-state index in [0.717, 1.165) is 49.5 Å². The third-order valence-corrected chi connectivity index (χ3v) is 7.54. The summed E-state index contributed by atoms with van der Waals surface area (Å²) in [5.74, 6) is -0.363. The normalized spacial score (nSPS) is 12.6. The highest BCUT2D eigenvalue weighted by Gasteiger charge is 2.20. The lowest BCUT2D eigenvalue weighted by molar-refractivity contribution is 0.0696. The molecule has 0 fully saturated rings. The third kappa shape index (κ3) is 7.02. The van der Waals surface area contributed by atoms with Gasteiger partial charge in [0.15, 0.2) is 11.5 Å². The highest BCUT2D eigenvalue weighted by molar-refractivity contribution is 6.12. The molecule has 220 valence electrons. The molecule has 2 amide bonds. The summed E-state index contributed by atoms with van der Waals surface area (Å²) in [5, 5.41) is 14.7. The maximum absolute atomic E-state index is 13.1. The van der Waals surface area contributed by atoms with Crippen molar-refractivity contribution in [3.05, 3.63) is 118 Å². The zero-order valence-electron chi connectivity index (χ0n) is 24.1. The summed E-state index contributed by atoms with van der Waals surface area (Å²) in [7, 11) is 3.31. The molecular formula is C34H33N3O6. The molecule has 0 spiro atoms. The number of rotatable bonds is 10. The van der Waals surface area contributed by atoms with E-state index < -0.39 is 11.9 Å². The number of hydrogen-bond donors (Lipinski definition) is 3. The quantitative estimate of drug-likeness (QED) is 0.227. The number of hydrogen-bond acceptors (Lipinski definition) is 6. The van der Waals surface area contributed by atoms with Crippen LogP contribution in [0.15, 0.2) is 84.9 Å². The number of nitrogens with one attached hydrogen (secondary N) is 2. The van der Waals surface area contributed by atoms with Gasteiger partial charge < -0.3 is 25.2 Å². The Hall–Kier alpha value is -5.15. The van der Waals surface area contributed by atoms with Crippen LogP contribution in [0.3, 0.4) is 0 Å². The number of benzene rings is 4. The molecule has 0 atom stereocenters. The summed E-state index contributed by atoms with van der Waals surface area (Å²) in [5.41, 5.74) is 5.39. The van der Waals surface area contributed by atoms with Gasteiger partial charge in [0, 0.05) is 30.9 Å². The van der Waals surface area contributed by atoms with Crippen molar-refractivity contribution in [2.24, 2.45) is 0 Å². The second-order valence-electron chi connectivity index (χ2n) is 10.3. The molecule has 1 aliphatic rings. The minimum atomic E-state index is -1.07. The summed E-state index contributed by atoms with van der Waals surface area (Å²) in [6.07, 6.45) is 1.83. The molecule has 9 heteroatoms. The summed E-state index contributed by atoms with van der Waals surface area (Å²) in [4.78, 5) is 39.4. The number of methoxy groups -OCH3 is 2. The van der Waals surface area contributed by atoms with Crippen LogP contribution in [0, 0.1) is 0 Å². The fourth-order valence-corrected chi connectivity index (χ4v) is 5.12. The van der Waals surface area contributed by atoms with Gasteiger partial charge in [-0.1, -0.05) is 24.3 Å². The second-order valence-corrected chi connectivity index (χ2v) is 10.3. The van der Waals surface area contributed by atoms with E-state index in [1.54, 1.807) is 38.5 Å². The Morgan fingerprint density at radius 3 is 2.12 bits per heavy atom. The van der Waals surface area contributed by atoms with Crippen LogP contribution in [0.25, 0.3) is 0 Å². The van der Waals surface area contributed by atoms with Crippen molar-refractivity contribution < 1.29 is 29.0 Å². The van der Waals surface area contributed by atoms with Gasteiger partial charge in [0.2, 0.25) is 0 Å². The number of carboxylic acid groups (broad SMARTS) is 1. The molecule has 0 saturated carbocycles. The topological polar surface area (TPSA) is 117 Å². The van der Waals surface area contributed by atoms with Gasteiger partial charge >= 0.3 is 5.97 Å². The average molecular weight is 580 g/mol. The van der Waals surface area contributed by atoms with Crippen molar-refractivity contribution in [3.63, 3.8) is 0 Å². The van der Waals surface area contributed by atoms with E-state index in [0.29, 0.717) is 16.9 Å². The van der Waals surface area contributed by atoms with Crippen molar-refractivity contribution in [1.29, 1.82) is 0 Å². The van der Waals surface area contributed by atoms with Crippen LogP contribution in [-0.2, 0) is 19.4 Å². The lowest BCUT2D eigenvalue weighted by atomic mass is 9.98. The Kier molecular flexibility index (Phi) is 9.02. The molecule has 0 bridgehead atoms. The molecule has 0 aliphatic carbocycles. The molecule has 0 radical (unpaired) electrons. The van der Waals surface area contributed by atoms with E-state index >= 15 is 0 Å². The highest BCUT2D eigenvalue weighted by atomic mass is 16.5. The largest absolute Gasteiger partial charge is 0.493 e. The van der Waals surface area contributed by atoms with Gasteiger partial charge in [-0.15, -0.1) is 0 Å². The molecular weight excluding hydrogens is 546 g/mol. The van der Waals surface area contributed by atoms with E-state index in [-0.39, 0.29) is 17.0 Å². The highest BCUT2D eigenvalue weighted by Crippen LogP contribution is 2.33. The lowest BCUT2D eigenvalue weighted by Crippen LogP contribution is -2.32. The number of ether oxygens (including phenoxy) is 2. The fraction of sp³-hybridized carbons (Fsp3) is 0.206. The number of para-hydroxylation sites is 1. The molecule has 3 N–H and O–H groups in total. The predicted molar refractivity (Wildman–Crippen MR) is 164 cm³/mol. The van der Waals surface area contributed by atoms with E-state index in [1.165, 1.54) is 35.4 Å². The monoisotopic (exact) mass is 579 g/mol. The van der Waals surface area contributed by atoms with Gasteiger partial charge in [-0.25, -0.2) is 4.79 Å². The molecule has 1 aliphatic heterocycles. The van der Waals surface area contributed by atoms with Gasteiger partial charge in [0.05, 0.1) is 31.0 Å². The SMILES string of the molecule is COc1cc2c(cc1OC)CN(CCc1ccc(NC(=O)c3ccccc3NC(=O)c3ccc(C(=O)O)cc3)cc1)CC2. The zero-order chi connectivity index (χ0) is 30.3. The van der Waals surface area contributed by atoms with E-state index in [4.69, 9.17) is 14.6 Å². The Balaban J connectivity index is 1.17. The maximum Gasteiger partial charge on any atom is 0.335 e. The third-order valence-electron chi connectivity index (χ3n) is 7.54. The summed E-state index contributed by atoms with van der Waals surface area (Å²) in [6.45, 7) is 2.74. The van der Waals surface area contributed by atoms with Crippen LogP contribution in [0.1, 0.15) is 47.8 Å². The van der Waals surface area contributed by atoms with Crippen molar-refractivity contribution >= 4 is 29.2 Å². The minimum absolute atomic E-state index is 0.0852. The lowest BCUT2D eigenvalue weighted by Gasteiger charge is -2.29. The van der Waals surface area contributed by atoms with Crippen LogP contribution in [0.2, 0.25) is 0 Å². The average Bonchev–Trinajstić information content (AvgIpc) is 3.03. The van der Waals surface area contributed by atoms with Crippen LogP contribution < -0.4 is 20.1 Å². The maximum atomic E-state index is 13.1. The van der Waals surface area contributed by atoms with Crippen LogP contribution in [-0.4, -0.2) is 55.1 Å². The number of carbonyl (C=O) groups is 3. The first-order chi connectivity index (χ1) is 20.8. The first kappa shape index (κ1) is 29.3. The molecule has 1 heterocycles. The molecule has 5 rings (SSSR count). The van der Waals surface area contributed by atoms with Crippen molar-refractivity contribution in [2.45, 2.75) is 19.4 Å². The van der Waals surface area contributed by atoms with Gasteiger partial charge in [0.1, 0.15) is 0 Å². The van der Waals surface area contributed by atoms with Gasteiger partial charge in [-0.05, 0) is 90.2 Å². The Morgan fingerprint density at radius 1 is 0.791 bits per heavy atom. The Bertz CT molecular complexity index is 1630. The first-order valence-corrected chi connectivity index (χ1v) is 13.9. The number of aromatic carboxylic acids is 1. The van der Waals surface area contributed by atoms with Crippen molar-refractivity contribution in [2.75, 3.05) is 37.9 Å². The van der Waals surface area contributed by atoms with E-state index in [1.807, 2.05) is 24.3 Å². The molecule has 0 unspecified atom stereocenters. The molecule has 0 aromatic heterocycles. The van der Waals surface area contributed by atoms with Gasteiger partial charge in [-0.3, -0.25) is 14.5 Å². The number of carboxylic acids is 1. The van der Waals surface area contributed by atoms with Crippen LogP contribution in [0.5, 0.6) is 11.5 Å².